The minimum Gasteiger partial charge on any atom is -0.503 e. The van der Waals surface area contributed by atoms with E-state index in [1.165, 1.54) is 4.90 Å². The molecular weight excluding hydrogens is 478 g/mol. The lowest BCUT2D eigenvalue weighted by Gasteiger charge is -2.29. The zero-order valence-electron chi connectivity index (χ0n) is 20.0. The molecule has 1 amide bonds. The van der Waals surface area contributed by atoms with E-state index in [0.29, 0.717) is 30.2 Å². The van der Waals surface area contributed by atoms with Crippen molar-refractivity contribution in [1.82, 2.24) is 0 Å². The molecule has 36 heavy (non-hydrogen) atoms. The van der Waals surface area contributed by atoms with E-state index in [2.05, 4.69) is 5.38 Å². The molecule has 3 heterocycles. The molecule has 2 aliphatic heterocycles. The number of ether oxygens (including phenoxy) is 3. The molecule has 1 atom stereocenters. The van der Waals surface area contributed by atoms with Crippen molar-refractivity contribution in [3.8, 4) is 16.9 Å². The van der Waals surface area contributed by atoms with Crippen LogP contribution in [0.15, 0.2) is 76.7 Å². The molecule has 0 bridgehead atoms. The molecule has 1 N–H and O–H groups in total. The molecule has 186 valence electrons. The van der Waals surface area contributed by atoms with Crippen molar-refractivity contribution in [2.75, 3.05) is 24.7 Å². The summed E-state index contributed by atoms with van der Waals surface area (Å²) >= 11 is 1.61. The number of carbonyl (C=O) groups excluding carboxylic acids is 2. The normalized spacial score (nSPS) is 18.5. The standard InChI is InChI=1S/C28H27NO6S/c1-17(2)26(30)24-25(21-5-3-4-6-22(21)35-15-23-33-12-13-34-23)29(28(32)27(24)31)20-9-7-18(8-10-20)19-11-14-36-16-19/h3-11,14,16-17,23,25,31H,12-13,15H2,1-2H3. The summed E-state index contributed by atoms with van der Waals surface area (Å²) in [4.78, 5) is 28.1. The Morgan fingerprint density at radius 1 is 1.08 bits per heavy atom. The van der Waals surface area contributed by atoms with E-state index < -0.39 is 29.9 Å². The van der Waals surface area contributed by atoms with Gasteiger partial charge < -0.3 is 19.3 Å². The zero-order chi connectivity index (χ0) is 25.2. The van der Waals surface area contributed by atoms with Gasteiger partial charge in [0.1, 0.15) is 12.4 Å². The highest BCUT2D eigenvalue weighted by Gasteiger charge is 2.45. The first-order valence-electron chi connectivity index (χ1n) is 11.8. The van der Waals surface area contributed by atoms with Crippen LogP contribution in [0, 0.1) is 5.92 Å². The van der Waals surface area contributed by atoms with Gasteiger partial charge in [-0.1, -0.05) is 44.2 Å². The predicted octanol–water partition coefficient (Wildman–Crippen LogP) is 5.29. The maximum absolute atomic E-state index is 13.4. The van der Waals surface area contributed by atoms with Gasteiger partial charge in [0, 0.05) is 17.2 Å². The van der Waals surface area contributed by atoms with E-state index in [1.54, 1.807) is 31.3 Å². The van der Waals surface area contributed by atoms with Crippen LogP contribution in [0.1, 0.15) is 25.5 Å². The summed E-state index contributed by atoms with van der Waals surface area (Å²) in [6.07, 6.45) is -0.482. The Balaban J connectivity index is 1.55. The largest absolute Gasteiger partial charge is 0.503 e. The number of thiophene rings is 1. The number of rotatable bonds is 8. The second kappa shape index (κ2) is 10.3. The van der Waals surface area contributed by atoms with Crippen LogP contribution in [0.5, 0.6) is 5.75 Å². The summed E-state index contributed by atoms with van der Waals surface area (Å²) in [5.41, 5.74) is 3.33. The summed E-state index contributed by atoms with van der Waals surface area (Å²) in [5, 5.41) is 15.0. The van der Waals surface area contributed by atoms with E-state index in [9.17, 15) is 14.7 Å². The Kier molecular flexibility index (Phi) is 6.91. The Hall–Kier alpha value is -3.46. The summed E-state index contributed by atoms with van der Waals surface area (Å²) in [7, 11) is 0. The predicted molar refractivity (Wildman–Crippen MR) is 137 cm³/mol. The number of Topliss-reactive ketones (excluding diaryl/α,β-unsaturated/α-hetero) is 1. The van der Waals surface area contributed by atoms with Crippen LogP contribution in [0.2, 0.25) is 0 Å². The first-order valence-corrected chi connectivity index (χ1v) is 12.8. The fraction of sp³-hybridized carbons (Fsp3) is 0.286. The van der Waals surface area contributed by atoms with Crippen LogP contribution < -0.4 is 9.64 Å². The molecule has 0 aliphatic carbocycles. The van der Waals surface area contributed by atoms with Gasteiger partial charge in [0.2, 0.25) is 0 Å². The van der Waals surface area contributed by atoms with Crippen molar-refractivity contribution in [1.29, 1.82) is 0 Å². The minimum atomic E-state index is -0.846. The van der Waals surface area contributed by atoms with Crippen molar-refractivity contribution in [3.63, 3.8) is 0 Å². The highest BCUT2D eigenvalue weighted by molar-refractivity contribution is 7.08. The van der Waals surface area contributed by atoms with E-state index in [4.69, 9.17) is 14.2 Å². The number of hydrogen-bond donors (Lipinski definition) is 1. The molecule has 1 aromatic heterocycles. The number of para-hydroxylation sites is 1. The Morgan fingerprint density at radius 3 is 2.47 bits per heavy atom. The maximum Gasteiger partial charge on any atom is 0.294 e. The molecule has 1 fully saturated rings. The lowest BCUT2D eigenvalue weighted by molar-refractivity contribution is -0.119. The van der Waals surface area contributed by atoms with Gasteiger partial charge in [-0.15, -0.1) is 0 Å². The number of benzene rings is 2. The Morgan fingerprint density at radius 2 is 1.81 bits per heavy atom. The number of hydrogen-bond acceptors (Lipinski definition) is 7. The van der Waals surface area contributed by atoms with E-state index in [-0.39, 0.29) is 18.0 Å². The number of ketones is 1. The van der Waals surface area contributed by atoms with Crippen molar-refractivity contribution in [2.45, 2.75) is 26.2 Å². The Labute approximate surface area is 213 Å². The van der Waals surface area contributed by atoms with Gasteiger partial charge in [0.15, 0.2) is 17.8 Å². The molecular formula is C28H27NO6S. The number of aliphatic hydroxyl groups excluding tert-OH is 1. The van der Waals surface area contributed by atoms with Crippen LogP contribution in [0.25, 0.3) is 11.1 Å². The Bertz CT molecular complexity index is 1280. The number of aliphatic hydroxyl groups is 1. The highest BCUT2D eigenvalue weighted by atomic mass is 32.1. The lowest BCUT2D eigenvalue weighted by Crippen LogP contribution is -2.32. The topological polar surface area (TPSA) is 85.3 Å². The molecule has 7 nitrogen and oxygen atoms in total. The second-order valence-electron chi connectivity index (χ2n) is 8.94. The molecule has 2 aliphatic rings. The van der Waals surface area contributed by atoms with Crippen molar-refractivity contribution < 1.29 is 28.9 Å². The fourth-order valence-electron chi connectivity index (χ4n) is 4.47. The van der Waals surface area contributed by atoms with Gasteiger partial charge in [-0.2, -0.15) is 11.3 Å². The fourth-order valence-corrected chi connectivity index (χ4v) is 5.14. The van der Waals surface area contributed by atoms with Gasteiger partial charge in [-0.25, -0.2) is 0 Å². The third-order valence-electron chi connectivity index (χ3n) is 6.28. The third-order valence-corrected chi connectivity index (χ3v) is 6.96. The molecule has 0 spiro atoms. The van der Waals surface area contributed by atoms with E-state index >= 15 is 0 Å². The number of carbonyl (C=O) groups is 2. The summed E-state index contributed by atoms with van der Waals surface area (Å²) in [6.45, 7) is 4.67. The third kappa shape index (κ3) is 4.55. The first kappa shape index (κ1) is 24.2. The molecule has 8 heteroatoms. The second-order valence-corrected chi connectivity index (χ2v) is 9.72. The quantitative estimate of drug-likeness (QED) is 0.448. The van der Waals surface area contributed by atoms with Gasteiger partial charge in [0.05, 0.1) is 24.8 Å². The van der Waals surface area contributed by atoms with Crippen LogP contribution in [0.4, 0.5) is 5.69 Å². The van der Waals surface area contributed by atoms with Crippen molar-refractivity contribution in [2.24, 2.45) is 5.92 Å². The minimum absolute atomic E-state index is 0.0707. The molecule has 3 aromatic rings. The molecule has 5 rings (SSSR count). The number of amides is 1. The van der Waals surface area contributed by atoms with Crippen molar-refractivity contribution >= 4 is 28.7 Å². The van der Waals surface area contributed by atoms with E-state index in [1.807, 2.05) is 53.9 Å². The maximum atomic E-state index is 13.4. The van der Waals surface area contributed by atoms with Crippen LogP contribution in [-0.4, -0.2) is 42.9 Å². The summed E-state index contributed by atoms with van der Waals surface area (Å²) in [5.74, 6) is -1.37. The average Bonchev–Trinajstić information content (AvgIpc) is 3.65. The van der Waals surface area contributed by atoms with Gasteiger partial charge in [-0.05, 0) is 46.2 Å². The highest BCUT2D eigenvalue weighted by Crippen LogP contribution is 2.45. The molecule has 0 saturated carbocycles. The number of nitrogens with zero attached hydrogens (tertiary/aromatic N) is 1. The van der Waals surface area contributed by atoms with Gasteiger partial charge in [-0.3, -0.25) is 14.5 Å². The van der Waals surface area contributed by atoms with Gasteiger partial charge in [0.25, 0.3) is 5.91 Å². The van der Waals surface area contributed by atoms with Crippen molar-refractivity contribution in [3.05, 3.63) is 82.3 Å². The van der Waals surface area contributed by atoms with Gasteiger partial charge >= 0.3 is 0 Å². The average molecular weight is 506 g/mol. The summed E-state index contributed by atoms with van der Waals surface area (Å²) in [6, 6.07) is 15.9. The molecule has 1 saturated heterocycles. The molecule has 0 radical (unpaired) electrons. The van der Waals surface area contributed by atoms with Crippen LogP contribution in [0.3, 0.4) is 0 Å². The first-order chi connectivity index (χ1) is 17.5. The monoisotopic (exact) mass is 505 g/mol. The summed E-state index contributed by atoms with van der Waals surface area (Å²) < 4.78 is 17.0. The van der Waals surface area contributed by atoms with Crippen LogP contribution >= 0.6 is 11.3 Å². The molecule has 1 unspecified atom stereocenters. The zero-order valence-corrected chi connectivity index (χ0v) is 20.9. The lowest BCUT2D eigenvalue weighted by atomic mass is 9.90. The van der Waals surface area contributed by atoms with Crippen LogP contribution in [-0.2, 0) is 19.1 Å². The van der Waals surface area contributed by atoms with E-state index in [0.717, 1.165) is 11.1 Å². The smallest absolute Gasteiger partial charge is 0.294 e. The molecule has 2 aromatic carbocycles. The SMILES string of the molecule is CC(C)C(=O)C1=C(O)C(=O)N(c2ccc(-c3ccsc3)cc2)C1c1ccccc1OCC1OCCO1. The number of anilines is 1.